The normalized spacial score (nSPS) is 26.0. The van der Waals surface area contributed by atoms with Crippen LogP contribution in [0.3, 0.4) is 0 Å². The second-order valence-electron chi connectivity index (χ2n) is 19.1. The Kier molecular flexibility index (Phi) is 12.3. The molecule has 1 saturated carbocycles. The minimum atomic E-state index is -4.50. The number of halogens is 3. The van der Waals surface area contributed by atoms with Crippen LogP contribution in [0.1, 0.15) is 88.6 Å². The molecule has 6 atom stereocenters. The number of esters is 1. The number of fused-ring (bicyclic) bond motifs is 7. The van der Waals surface area contributed by atoms with Gasteiger partial charge in [-0.25, -0.2) is 10.4 Å². The average molecular weight is 905 g/mol. The average Bonchev–Trinajstić information content (AvgIpc) is 3.91. The van der Waals surface area contributed by atoms with E-state index in [1.165, 1.54) is 35.6 Å². The lowest BCUT2D eigenvalue weighted by atomic mass is 9.84. The van der Waals surface area contributed by atoms with Crippen molar-refractivity contribution in [3.63, 3.8) is 0 Å². The van der Waals surface area contributed by atoms with Gasteiger partial charge in [-0.2, -0.15) is 13.2 Å². The van der Waals surface area contributed by atoms with E-state index >= 15 is 0 Å². The Morgan fingerprint density at radius 3 is 2.70 bits per heavy atom. The first-order valence-electron chi connectivity index (χ1n) is 22.9. The van der Waals surface area contributed by atoms with Crippen LogP contribution in [0.2, 0.25) is 0 Å². The molecule has 344 valence electrons. The Balaban J connectivity index is 1.14. The summed E-state index contributed by atoms with van der Waals surface area (Å²) in [6.07, 6.45) is 2.00. The number of amides is 2. The highest BCUT2D eigenvalue weighted by Gasteiger charge is 2.59. The number of thiazole rings is 1. The van der Waals surface area contributed by atoms with Crippen LogP contribution in [0.5, 0.6) is 0 Å². The van der Waals surface area contributed by atoms with E-state index in [0.717, 1.165) is 70.8 Å². The highest BCUT2D eigenvalue weighted by Crippen LogP contribution is 2.50. The van der Waals surface area contributed by atoms with Crippen molar-refractivity contribution in [2.24, 2.45) is 17.3 Å². The number of nitrogens with zero attached hydrogens (tertiary/aromatic N) is 6. The zero-order valence-corrected chi connectivity index (χ0v) is 38.1. The van der Waals surface area contributed by atoms with Crippen LogP contribution in [0.25, 0.3) is 33.4 Å². The molecule has 13 nitrogen and oxygen atoms in total. The minimum absolute atomic E-state index is 0.0381. The standard InChI is InChI=1S/C47H59F3N8O5S/c1-6-57-39-13-12-28-18-31(39)34(42(57)33-19-30(23-51-41(33)27(2)62-5)56-17-16-55-14-8-7-10-29(55)24-56)22-46(3,4)26-63-45(61)36-11-9-15-58(54-36)44(60)37(21-40-52-38(28)25-64-40)53-43(59)32-20-35(32)47(48,49)50/h12-13,18-19,23,25,27,29,32,35-37,54H,6-11,14-17,20-22,24,26H2,1-5H3,(H,53,59)/t27-,29+,32-,35?,36-,37-/m0/s1. The quantitative estimate of drug-likeness (QED) is 0.186. The van der Waals surface area contributed by atoms with E-state index in [1.54, 1.807) is 7.11 Å². The number of carbonyl (C=O) groups is 3. The number of piperazine rings is 1. The van der Waals surface area contributed by atoms with E-state index in [0.29, 0.717) is 42.6 Å². The Morgan fingerprint density at radius 1 is 1.11 bits per heavy atom. The second kappa shape index (κ2) is 17.7. The summed E-state index contributed by atoms with van der Waals surface area (Å²) in [5.74, 6) is -4.87. The predicted molar refractivity (Wildman–Crippen MR) is 238 cm³/mol. The highest BCUT2D eigenvalue weighted by molar-refractivity contribution is 7.10. The van der Waals surface area contributed by atoms with Crippen molar-refractivity contribution in [2.75, 3.05) is 51.3 Å². The zero-order valence-electron chi connectivity index (χ0n) is 37.3. The number of rotatable bonds is 7. The molecule has 2 N–H and O–H groups in total. The van der Waals surface area contributed by atoms with Gasteiger partial charge >= 0.3 is 12.1 Å². The van der Waals surface area contributed by atoms with Crippen molar-refractivity contribution in [3.05, 3.63) is 52.1 Å². The number of hydrogen-bond donors (Lipinski definition) is 2. The van der Waals surface area contributed by atoms with Gasteiger partial charge in [0.15, 0.2) is 0 Å². The van der Waals surface area contributed by atoms with E-state index < -0.39 is 53.3 Å². The van der Waals surface area contributed by atoms with Crippen molar-refractivity contribution in [1.82, 2.24) is 35.2 Å². The summed E-state index contributed by atoms with van der Waals surface area (Å²) in [4.78, 5) is 56.4. The number of methoxy groups -OCH3 is 1. The molecule has 2 amide bonds. The van der Waals surface area contributed by atoms with E-state index in [4.69, 9.17) is 19.4 Å². The molecule has 1 aromatic carbocycles. The molecule has 4 aromatic rings. The molecule has 5 aliphatic rings. The number of benzene rings is 1. The SMILES string of the molecule is CCn1c(-c2cc(N3CCN4CCCC[C@@H]4C3)cnc2[C@H](C)OC)c2c3cc(ccc31)-c1csc(n1)C[C@H](NC(=O)[C@H]1CC1C(F)(F)F)C(=O)N1CCC[C@H](N1)C(=O)OCC(C)(C)C2. The number of pyridine rings is 1. The predicted octanol–water partition coefficient (Wildman–Crippen LogP) is 7.08. The van der Waals surface area contributed by atoms with Gasteiger partial charge in [-0.15, -0.1) is 11.3 Å². The van der Waals surface area contributed by atoms with Gasteiger partial charge in [0, 0.05) is 85.1 Å². The summed E-state index contributed by atoms with van der Waals surface area (Å²) < 4.78 is 54.9. The van der Waals surface area contributed by atoms with Crippen molar-refractivity contribution >= 4 is 45.7 Å². The first kappa shape index (κ1) is 44.6. The third-order valence-electron chi connectivity index (χ3n) is 14.0. The summed E-state index contributed by atoms with van der Waals surface area (Å²) in [5, 5.41) is 7.41. The number of nitrogens with one attached hydrogen (secondary N) is 2. The topological polar surface area (TPSA) is 134 Å². The lowest BCUT2D eigenvalue weighted by molar-refractivity contribution is -0.156. The summed E-state index contributed by atoms with van der Waals surface area (Å²) in [6.45, 7) is 13.4. The number of alkyl halides is 3. The maximum Gasteiger partial charge on any atom is 0.392 e. The van der Waals surface area contributed by atoms with Crippen LogP contribution in [-0.2, 0) is 43.2 Å². The molecule has 6 bridgehead atoms. The number of carbonyl (C=O) groups excluding carboxylic acids is 3. The number of cyclic esters (lactones) is 1. The van der Waals surface area contributed by atoms with Gasteiger partial charge in [-0.1, -0.05) is 26.3 Å². The van der Waals surface area contributed by atoms with Crippen LogP contribution in [-0.4, -0.2) is 113 Å². The molecular weight excluding hydrogens is 846 g/mol. The van der Waals surface area contributed by atoms with Gasteiger partial charge in [-0.3, -0.25) is 29.3 Å². The van der Waals surface area contributed by atoms with Crippen LogP contribution in [0, 0.1) is 17.3 Å². The first-order valence-corrected chi connectivity index (χ1v) is 23.7. The van der Waals surface area contributed by atoms with E-state index in [1.807, 2.05) is 24.6 Å². The molecule has 0 radical (unpaired) electrons. The summed E-state index contributed by atoms with van der Waals surface area (Å²) in [6, 6.07) is 7.07. The molecule has 9 rings (SSSR count). The largest absolute Gasteiger partial charge is 0.464 e. The molecule has 4 aliphatic heterocycles. The number of aryl methyl sites for hydroxylation is 1. The van der Waals surface area contributed by atoms with E-state index in [9.17, 15) is 27.6 Å². The molecule has 3 saturated heterocycles. The fourth-order valence-corrected chi connectivity index (χ4v) is 11.1. The summed E-state index contributed by atoms with van der Waals surface area (Å²) in [7, 11) is 1.70. The third kappa shape index (κ3) is 8.89. The number of piperidine rings is 1. The molecule has 17 heteroatoms. The molecular formula is C47H59F3N8O5S. The molecule has 4 fully saturated rings. The van der Waals surface area contributed by atoms with Crippen LogP contribution < -0.4 is 15.6 Å². The molecule has 1 unspecified atom stereocenters. The number of anilines is 1. The Bertz CT molecular complexity index is 2420. The molecule has 3 aromatic heterocycles. The number of aromatic nitrogens is 3. The Hall–Kier alpha value is -4.58. The lowest BCUT2D eigenvalue weighted by Gasteiger charge is -2.45. The van der Waals surface area contributed by atoms with E-state index in [2.05, 4.69) is 64.1 Å². The number of hydrogen-bond acceptors (Lipinski definition) is 11. The molecule has 64 heavy (non-hydrogen) atoms. The first-order chi connectivity index (χ1) is 30.6. The molecule has 1 aliphatic carbocycles. The van der Waals surface area contributed by atoms with Crippen LogP contribution in [0.4, 0.5) is 18.9 Å². The van der Waals surface area contributed by atoms with Gasteiger partial charge in [0.25, 0.3) is 5.91 Å². The van der Waals surface area contributed by atoms with Crippen LogP contribution >= 0.6 is 11.3 Å². The number of hydrazine groups is 1. The van der Waals surface area contributed by atoms with Crippen LogP contribution in [0.15, 0.2) is 35.8 Å². The van der Waals surface area contributed by atoms with Crippen molar-refractivity contribution in [1.29, 1.82) is 0 Å². The summed E-state index contributed by atoms with van der Waals surface area (Å²) >= 11 is 1.32. The van der Waals surface area contributed by atoms with Gasteiger partial charge in [0.05, 0.1) is 58.5 Å². The summed E-state index contributed by atoms with van der Waals surface area (Å²) in [5.41, 5.74) is 10.1. The van der Waals surface area contributed by atoms with Crippen molar-refractivity contribution in [2.45, 2.75) is 116 Å². The lowest BCUT2D eigenvalue weighted by Crippen LogP contribution is -2.60. The van der Waals surface area contributed by atoms with E-state index in [-0.39, 0.29) is 32.1 Å². The molecule has 7 heterocycles. The maximum atomic E-state index is 14.1. The smallest absolute Gasteiger partial charge is 0.392 e. The Labute approximate surface area is 376 Å². The maximum absolute atomic E-state index is 14.1. The highest BCUT2D eigenvalue weighted by atomic mass is 32.1. The third-order valence-corrected chi connectivity index (χ3v) is 14.8. The van der Waals surface area contributed by atoms with Gasteiger partial charge < -0.3 is 24.3 Å². The fourth-order valence-electron chi connectivity index (χ4n) is 10.3. The van der Waals surface area contributed by atoms with Crippen molar-refractivity contribution < 1.29 is 37.0 Å². The zero-order chi connectivity index (χ0) is 45.1. The Morgan fingerprint density at radius 2 is 1.94 bits per heavy atom. The van der Waals surface area contributed by atoms with Crippen molar-refractivity contribution in [3.8, 4) is 22.5 Å². The fraction of sp³-hybridized carbons (Fsp3) is 0.596. The molecule has 0 spiro atoms. The minimum Gasteiger partial charge on any atom is -0.464 e. The van der Waals surface area contributed by atoms with Gasteiger partial charge in [0.1, 0.15) is 12.1 Å². The number of ether oxygens (including phenoxy) is 2. The second-order valence-corrected chi connectivity index (χ2v) is 20.0. The van der Waals surface area contributed by atoms with Gasteiger partial charge in [-0.05, 0) is 82.7 Å². The van der Waals surface area contributed by atoms with Gasteiger partial charge in [0.2, 0.25) is 5.91 Å². The monoisotopic (exact) mass is 904 g/mol.